The molecule has 0 aromatic heterocycles. The van der Waals surface area contributed by atoms with Gasteiger partial charge in [0.15, 0.2) is 5.75 Å². The van der Waals surface area contributed by atoms with Crippen molar-refractivity contribution in [1.29, 1.82) is 0 Å². The smallest absolute Gasteiger partial charge is 0.314 e. The van der Waals surface area contributed by atoms with E-state index in [0.29, 0.717) is 0 Å². The van der Waals surface area contributed by atoms with Crippen LogP contribution in [0, 0.1) is 10.1 Å². The third-order valence-corrected chi connectivity index (χ3v) is 3.21. The molecule has 1 aliphatic heterocycles. The highest BCUT2D eigenvalue weighted by Crippen LogP contribution is 2.39. The van der Waals surface area contributed by atoms with Crippen LogP contribution in [0.2, 0.25) is 0 Å². The van der Waals surface area contributed by atoms with Crippen molar-refractivity contribution in [2.45, 2.75) is 25.3 Å². The lowest BCUT2D eigenvalue weighted by molar-refractivity contribution is -0.386. The molecule has 106 valence electrons. The number of halogens is 1. The molecule has 1 atom stereocenters. The first-order valence-corrected chi connectivity index (χ1v) is 5.92. The Morgan fingerprint density at radius 1 is 1.47 bits per heavy atom. The summed E-state index contributed by atoms with van der Waals surface area (Å²) in [6, 6.07) is 3.17. The van der Waals surface area contributed by atoms with Crippen molar-refractivity contribution >= 4 is 18.1 Å². The van der Waals surface area contributed by atoms with Gasteiger partial charge in [-0.3, -0.25) is 10.1 Å². The Morgan fingerprint density at radius 3 is 2.74 bits per heavy atom. The molecule has 0 radical (unpaired) electrons. The average molecular weight is 289 g/mol. The monoisotopic (exact) mass is 288 g/mol. The highest BCUT2D eigenvalue weighted by molar-refractivity contribution is 5.85. The van der Waals surface area contributed by atoms with E-state index in [4.69, 9.17) is 4.74 Å². The number of nitrogens with zero attached hydrogens (tertiary/aromatic N) is 1. The van der Waals surface area contributed by atoms with Crippen molar-refractivity contribution in [2.24, 2.45) is 0 Å². The highest BCUT2D eigenvalue weighted by atomic mass is 35.5. The topological polar surface area (TPSA) is 84.6 Å². The Labute approximate surface area is 117 Å². The molecule has 1 fully saturated rings. The summed E-state index contributed by atoms with van der Waals surface area (Å²) in [5, 5.41) is 23.9. The van der Waals surface area contributed by atoms with Crippen molar-refractivity contribution in [2.75, 3.05) is 13.7 Å². The number of nitrogens with one attached hydrogen (secondary N) is 1. The van der Waals surface area contributed by atoms with E-state index in [0.717, 1.165) is 31.4 Å². The van der Waals surface area contributed by atoms with E-state index in [1.54, 1.807) is 6.07 Å². The zero-order valence-electron chi connectivity index (χ0n) is 10.6. The molecule has 2 N–H and O–H groups in total. The van der Waals surface area contributed by atoms with Crippen LogP contribution < -0.4 is 10.1 Å². The van der Waals surface area contributed by atoms with E-state index in [-0.39, 0.29) is 29.9 Å². The third kappa shape index (κ3) is 3.27. The molecule has 0 saturated carbocycles. The van der Waals surface area contributed by atoms with Crippen LogP contribution in [-0.2, 0) is 0 Å². The van der Waals surface area contributed by atoms with E-state index >= 15 is 0 Å². The highest BCUT2D eigenvalue weighted by Gasteiger charge is 2.24. The number of benzene rings is 1. The van der Waals surface area contributed by atoms with Crippen molar-refractivity contribution in [3.8, 4) is 11.5 Å². The molecule has 0 amide bonds. The van der Waals surface area contributed by atoms with Gasteiger partial charge in [-0.05, 0) is 31.0 Å². The first kappa shape index (κ1) is 15.5. The number of ether oxygens (including phenoxy) is 1. The number of hydrogen-bond donors (Lipinski definition) is 2. The second-order valence-corrected chi connectivity index (χ2v) is 4.35. The van der Waals surface area contributed by atoms with Crippen LogP contribution in [0.25, 0.3) is 0 Å². The number of piperidine rings is 1. The Morgan fingerprint density at radius 2 is 2.21 bits per heavy atom. The minimum atomic E-state index is -0.593. The molecule has 1 heterocycles. The predicted octanol–water partition coefficient (Wildman–Crippen LogP) is 2.55. The van der Waals surface area contributed by atoms with Gasteiger partial charge in [-0.25, -0.2) is 0 Å². The van der Waals surface area contributed by atoms with Crippen molar-refractivity contribution in [1.82, 2.24) is 5.32 Å². The Hall–Kier alpha value is -1.53. The number of methoxy groups -OCH3 is 1. The van der Waals surface area contributed by atoms with Crippen LogP contribution in [0.1, 0.15) is 30.9 Å². The van der Waals surface area contributed by atoms with Gasteiger partial charge in [0.05, 0.1) is 12.0 Å². The number of nitro groups is 1. The predicted molar refractivity (Wildman–Crippen MR) is 73.2 cm³/mol. The molecule has 19 heavy (non-hydrogen) atoms. The summed E-state index contributed by atoms with van der Waals surface area (Å²) in [4.78, 5) is 10.3. The maximum absolute atomic E-state index is 10.9. The first-order chi connectivity index (χ1) is 8.63. The second kappa shape index (κ2) is 6.58. The molecular weight excluding hydrogens is 272 g/mol. The van der Waals surface area contributed by atoms with E-state index in [9.17, 15) is 15.2 Å². The Balaban J connectivity index is 0.00000180. The van der Waals surface area contributed by atoms with Crippen LogP contribution in [0.4, 0.5) is 5.69 Å². The maximum Gasteiger partial charge on any atom is 0.314 e. The fourth-order valence-corrected chi connectivity index (χ4v) is 2.25. The summed E-state index contributed by atoms with van der Waals surface area (Å²) in [6.07, 6.45) is 3.15. The number of phenols is 1. The molecule has 1 aromatic rings. The minimum Gasteiger partial charge on any atom is -0.500 e. The molecule has 6 nitrogen and oxygen atoms in total. The minimum absolute atomic E-state index is 0. The lowest BCUT2D eigenvalue weighted by Crippen LogP contribution is -2.26. The Kier molecular flexibility index (Phi) is 5.38. The van der Waals surface area contributed by atoms with Gasteiger partial charge in [-0.1, -0.05) is 6.42 Å². The SMILES string of the molecule is COc1cc([C@@H]2CCCCN2)cc([N+](=O)[O-])c1O.Cl. The van der Waals surface area contributed by atoms with Gasteiger partial charge >= 0.3 is 5.69 Å². The van der Waals surface area contributed by atoms with Crippen molar-refractivity contribution in [3.05, 3.63) is 27.8 Å². The fourth-order valence-electron chi connectivity index (χ4n) is 2.25. The fraction of sp³-hybridized carbons (Fsp3) is 0.500. The molecule has 1 aliphatic rings. The second-order valence-electron chi connectivity index (χ2n) is 4.35. The molecule has 7 heteroatoms. The Bertz CT molecular complexity index is 461. The molecular formula is C12H17ClN2O4. The first-order valence-electron chi connectivity index (χ1n) is 5.92. The number of hydrogen-bond acceptors (Lipinski definition) is 5. The van der Waals surface area contributed by atoms with Crippen molar-refractivity contribution in [3.63, 3.8) is 0 Å². The third-order valence-electron chi connectivity index (χ3n) is 3.21. The maximum atomic E-state index is 10.9. The van der Waals surface area contributed by atoms with E-state index in [2.05, 4.69) is 5.32 Å². The zero-order chi connectivity index (χ0) is 13.1. The normalized spacial score (nSPS) is 18.5. The van der Waals surface area contributed by atoms with E-state index in [1.807, 2.05) is 0 Å². The van der Waals surface area contributed by atoms with Crippen molar-refractivity contribution < 1.29 is 14.8 Å². The largest absolute Gasteiger partial charge is 0.500 e. The van der Waals surface area contributed by atoms with Gasteiger partial charge in [0.25, 0.3) is 0 Å². The molecule has 1 aromatic carbocycles. The lowest BCUT2D eigenvalue weighted by Gasteiger charge is -2.24. The number of nitro benzene ring substituents is 1. The van der Waals surface area contributed by atoms with Crippen LogP contribution in [0.3, 0.4) is 0 Å². The van der Waals surface area contributed by atoms with Gasteiger partial charge in [0.2, 0.25) is 5.75 Å². The summed E-state index contributed by atoms with van der Waals surface area (Å²) >= 11 is 0. The van der Waals surface area contributed by atoms with Crippen LogP contribution in [-0.4, -0.2) is 23.7 Å². The molecule has 2 rings (SSSR count). The lowest BCUT2D eigenvalue weighted by atomic mass is 9.96. The molecule has 0 unspecified atom stereocenters. The molecule has 1 saturated heterocycles. The van der Waals surface area contributed by atoms with Gasteiger partial charge in [-0.15, -0.1) is 12.4 Å². The van der Waals surface area contributed by atoms with Gasteiger partial charge in [0.1, 0.15) is 0 Å². The quantitative estimate of drug-likeness (QED) is 0.659. The number of aromatic hydroxyl groups is 1. The van der Waals surface area contributed by atoms with Gasteiger partial charge < -0.3 is 15.2 Å². The molecule has 0 aliphatic carbocycles. The van der Waals surface area contributed by atoms with Crippen LogP contribution in [0.15, 0.2) is 12.1 Å². The zero-order valence-corrected chi connectivity index (χ0v) is 11.4. The summed E-state index contributed by atoms with van der Waals surface area (Å²) < 4.78 is 4.99. The van der Waals surface area contributed by atoms with Gasteiger partial charge in [-0.2, -0.15) is 0 Å². The molecule has 0 spiro atoms. The summed E-state index contributed by atoms with van der Waals surface area (Å²) in [6.45, 7) is 0.904. The molecule has 0 bridgehead atoms. The van der Waals surface area contributed by atoms with Crippen LogP contribution >= 0.6 is 12.4 Å². The standard InChI is InChI=1S/C12H16N2O4.ClH/c1-18-11-7-8(9-4-2-3-5-13-9)6-10(12(11)15)14(16)17;/h6-7,9,13,15H,2-5H2,1H3;1H/t9-;/m0./s1. The summed E-state index contributed by atoms with van der Waals surface area (Å²) in [7, 11) is 1.39. The van der Waals surface area contributed by atoms with Crippen LogP contribution in [0.5, 0.6) is 11.5 Å². The van der Waals surface area contributed by atoms with E-state index in [1.165, 1.54) is 13.2 Å². The summed E-state index contributed by atoms with van der Waals surface area (Å²) in [5.74, 6) is -0.270. The van der Waals surface area contributed by atoms with E-state index < -0.39 is 10.7 Å². The number of phenolic OH excluding ortho intramolecular Hbond substituents is 1. The average Bonchev–Trinajstić information content (AvgIpc) is 2.39. The van der Waals surface area contributed by atoms with Gasteiger partial charge in [0, 0.05) is 12.1 Å². The summed E-state index contributed by atoms with van der Waals surface area (Å²) in [5.41, 5.74) is 0.479. The number of rotatable bonds is 3.